The fourth-order valence-electron chi connectivity index (χ4n) is 3.82. The summed E-state index contributed by atoms with van der Waals surface area (Å²) in [6, 6.07) is 13.1. The van der Waals surface area contributed by atoms with Crippen LogP contribution in [0, 0.1) is 5.82 Å². The predicted molar refractivity (Wildman–Crippen MR) is 123 cm³/mol. The van der Waals surface area contributed by atoms with Gasteiger partial charge in [-0.15, -0.1) is 0 Å². The number of allylic oxidation sites excluding steroid dienone is 1. The van der Waals surface area contributed by atoms with Gasteiger partial charge < -0.3 is 24.3 Å². The minimum atomic E-state index is -0.770. The van der Waals surface area contributed by atoms with Crippen LogP contribution in [0.2, 0.25) is 0 Å². The first kappa shape index (κ1) is 23.7. The van der Waals surface area contributed by atoms with Gasteiger partial charge in [0.2, 0.25) is 6.29 Å². The second-order valence-corrected chi connectivity index (χ2v) is 8.01. The normalized spacial score (nSPS) is 17.8. The molecule has 0 saturated carbocycles. The van der Waals surface area contributed by atoms with Crippen molar-refractivity contribution < 1.29 is 28.2 Å². The first-order valence-electron chi connectivity index (χ1n) is 11.2. The zero-order valence-corrected chi connectivity index (χ0v) is 18.5. The third kappa shape index (κ3) is 5.52. The number of ether oxygens (including phenoxy) is 2. The highest BCUT2D eigenvalue weighted by atomic mass is 19.1. The van der Waals surface area contributed by atoms with Crippen molar-refractivity contribution in [3.63, 3.8) is 0 Å². The zero-order chi connectivity index (χ0) is 23.9. The van der Waals surface area contributed by atoms with Crippen molar-refractivity contribution in [2.75, 3.05) is 13.2 Å². The summed E-state index contributed by atoms with van der Waals surface area (Å²) in [5.41, 5.74) is 1.03. The lowest BCUT2D eigenvalue weighted by molar-refractivity contribution is -0.146. The maximum Gasteiger partial charge on any atom is 0.286 e. The second kappa shape index (κ2) is 11.1. The van der Waals surface area contributed by atoms with Crippen molar-refractivity contribution in [1.82, 2.24) is 5.32 Å². The fraction of sp³-hybridized carbons (Fsp3) is 0.308. The van der Waals surface area contributed by atoms with E-state index >= 15 is 0 Å². The lowest BCUT2D eigenvalue weighted by atomic mass is 9.93. The summed E-state index contributed by atoms with van der Waals surface area (Å²) >= 11 is 0. The van der Waals surface area contributed by atoms with Gasteiger partial charge in [0, 0.05) is 36.6 Å². The Morgan fingerprint density at radius 1 is 1.15 bits per heavy atom. The Balaban J connectivity index is 1.57. The van der Waals surface area contributed by atoms with E-state index in [2.05, 4.69) is 5.32 Å². The Morgan fingerprint density at radius 3 is 2.76 bits per heavy atom. The second-order valence-electron chi connectivity index (χ2n) is 8.01. The topological polar surface area (TPSA) is 98.0 Å². The maximum atomic E-state index is 13.9. The fourth-order valence-corrected chi connectivity index (χ4v) is 3.82. The summed E-state index contributed by atoms with van der Waals surface area (Å²) in [4.78, 5) is 26.0. The van der Waals surface area contributed by atoms with Gasteiger partial charge in [-0.2, -0.15) is 0 Å². The molecular formula is C26H26FNO6. The molecule has 2 aromatic carbocycles. The SMILES string of the molecule is O=C(NCc1ccccc1F)C1=C[C@@H](c2coc3ccccc3c2=O)C[C@@H](OCCCCO)O1. The molecule has 0 radical (unpaired) electrons. The monoisotopic (exact) mass is 467 g/mol. The van der Waals surface area contributed by atoms with E-state index in [4.69, 9.17) is 19.0 Å². The van der Waals surface area contributed by atoms with Crippen LogP contribution in [0.3, 0.4) is 0 Å². The molecule has 0 aliphatic carbocycles. The Bertz CT molecular complexity index is 1240. The molecule has 1 amide bonds. The Labute approximate surface area is 195 Å². The number of amides is 1. The van der Waals surface area contributed by atoms with E-state index in [1.165, 1.54) is 12.3 Å². The number of fused-ring (bicyclic) bond motifs is 1. The number of halogens is 1. The Morgan fingerprint density at radius 2 is 1.94 bits per heavy atom. The van der Waals surface area contributed by atoms with Crippen molar-refractivity contribution in [3.05, 3.63) is 93.8 Å². The molecule has 2 heterocycles. The Kier molecular flexibility index (Phi) is 7.72. The molecule has 34 heavy (non-hydrogen) atoms. The smallest absolute Gasteiger partial charge is 0.286 e. The molecule has 178 valence electrons. The van der Waals surface area contributed by atoms with Crippen LogP contribution in [0.15, 0.2) is 75.8 Å². The van der Waals surface area contributed by atoms with Gasteiger partial charge in [0.25, 0.3) is 5.91 Å². The summed E-state index contributed by atoms with van der Waals surface area (Å²) in [5.74, 6) is -1.45. The van der Waals surface area contributed by atoms with Gasteiger partial charge in [-0.1, -0.05) is 30.3 Å². The molecule has 4 rings (SSSR count). The maximum absolute atomic E-state index is 13.9. The molecular weight excluding hydrogens is 441 g/mol. The summed E-state index contributed by atoms with van der Waals surface area (Å²) in [6.45, 7) is 0.366. The van der Waals surface area contributed by atoms with Crippen LogP contribution in [0.4, 0.5) is 4.39 Å². The van der Waals surface area contributed by atoms with Crippen LogP contribution in [0.1, 0.15) is 36.3 Å². The van der Waals surface area contributed by atoms with E-state index in [9.17, 15) is 14.0 Å². The van der Waals surface area contributed by atoms with E-state index in [0.717, 1.165) is 0 Å². The lowest BCUT2D eigenvalue weighted by Gasteiger charge is -2.29. The highest BCUT2D eigenvalue weighted by molar-refractivity contribution is 5.91. The molecule has 0 bridgehead atoms. The van der Waals surface area contributed by atoms with Gasteiger partial charge >= 0.3 is 0 Å². The van der Waals surface area contributed by atoms with E-state index < -0.39 is 23.9 Å². The highest BCUT2D eigenvalue weighted by Gasteiger charge is 2.30. The van der Waals surface area contributed by atoms with E-state index in [1.54, 1.807) is 48.5 Å². The molecule has 1 aliphatic heterocycles. The van der Waals surface area contributed by atoms with Crippen molar-refractivity contribution in [2.45, 2.75) is 38.0 Å². The molecule has 0 fully saturated rings. The van der Waals surface area contributed by atoms with Gasteiger partial charge in [-0.05, 0) is 37.1 Å². The van der Waals surface area contributed by atoms with E-state index in [-0.39, 0.29) is 24.3 Å². The molecule has 0 saturated heterocycles. The Hall–Kier alpha value is -3.49. The van der Waals surface area contributed by atoms with Crippen LogP contribution in [-0.2, 0) is 20.8 Å². The number of para-hydroxylation sites is 1. The lowest BCUT2D eigenvalue weighted by Crippen LogP contribution is -2.33. The summed E-state index contributed by atoms with van der Waals surface area (Å²) in [7, 11) is 0. The van der Waals surface area contributed by atoms with Gasteiger partial charge in [0.1, 0.15) is 11.4 Å². The van der Waals surface area contributed by atoms with Crippen molar-refractivity contribution >= 4 is 16.9 Å². The molecule has 2 N–H and O–H groups in total. The molecule has 1 aliphatic rings. The number of carbonyl (C=O) groups is 1. The van der Waals surface area contributed by atoms with Crippen LogP contribution < -0.4 is 10.7 Å². The highest BCUT2D eigenvalue weighted by Crippen LogP contribution is 2.31. The zero-order valence-electron chi connectivity index (χ0n) is 18.5. The van der Waals surface area contributed by atoms with Crippen LogP contribution in [-0.4, -0.2) is 30.5 Å². The average Bonchev–Trinajstić information content (AvgIpc) is 2.86. The number of aliphatic hydroxyl groups excluding tert-OH is 1. The summed E-state index contributed by atoms with van der Waals surface area (Å²) in [6.07, 6.45) is 3.73. The molecule has 0 unspecified atom stereocenters. The quantitative estimate of drug-likeness (QED) is 0.465. The van der Waals surface area contributed by atoms with E-state index in [0.29, 0.717) is 48.0 Å². The van der Waals surface area contributed by atoms with Crippen molar-refractivity contribution in [3.8, 4) is 0 Å². The average molecular weight is 467 g/mol. The summed E-state index contributed by atoms with van der Waals surface area (Å²) in [5, 5.41) is 12.1. The molecule has 2 atom stereocenters. The molecule has 3 aromatic rings. The number of rotatable bonds is 9. The van der Waals surface area contributed by atoms with Crippen molar-refractivity contribution in [1.29, 1.82) is 0 Å². The van der Waals surface area contributed by atoms with Gasteiger partial charge in [-0.25, -0.2) is 4.39 Å². The largest absolute Gasteiger partial charge is 0.464 e. The number of carbonyl (C=O) groups excluding carboxylic acids is 1. The first-order chi connectivity index (χ1) is 16.6. The standard InChI is InChI=1S/C26H26FNO6/c27-21-9-3-1-7-17(21)15-28-26(31)23-13-18(14-24(34-23)32-12-6-5-11-29)20-16-33-22-10-4-2-8-19(22)25(20)30/h1-4,7-10,13,16,18,24,29H,5-6,11-12,14-15H2,(H,28,31)/t18-,24+/m1/s1. The molecule has 7 nitrogen and oxygen atoms in total. The first-order valence-corrected chi connectivity index (χ1v) is 11.2. The van der Waals surface area contributed by atoms with Gasteiger partial charge in [-0.3, -0.25) is 9.59 Å². The predicted octanol–water partition coefficient (Wildman–Crippen LogP) is 3.75. The summed E-state index contributed by atoms with van der Waals surface area (Å²) < 4.78 is 31.1. The van der Waals surface area contributed by atoms with Gasteiger partial charge in [0.05, 0.1) is 18.3 Å². The number of hydrogen-bond acceptors (Lipinski definition) is 6. The number of nitrogens with one attached hydrogen (secondary N) is 1. The minimum Gasteiger partial charge on any atom is -0.464 e. The van der Waals surface area contributed by atoms with Crippen LogP contribution in [0.25, 0.3) is 11.0 Å². The third-order valence-corrected chi connectivity index (χ3v) is 5.64. The minimum absolute atomic E-state index is 0.00712. The molecule has 8 heteroatoms. The number of aliphatic hydroxyl groups is 1. The third-order valence-electron chi connectivity index (χ3n) is 5.64. The van der Waals surface area contributed by atoms with Crippen LogP contribution in [0.5, 0.6) is 0 Å². The van der Waals surface area contributed by atoms with Gasteiger partial charge in [0.15, 0.2) is 11.2 Å². The number of unbranched alkanes of at least 4 members (excludes halogenated alkanes) is 1. The van der Waals surface area contributed by atoms with E-state index in [1.807, 2.05) is 0 Å². The molecule has 1 aromatic heterocycles. The van der Waals surface area contributed by atoms with Crippen LogP contribution >= 0.6 is 0 Å². The number of hydrogen-bond donors (Lipinski definition) is 2. The van der Waals surface area contributed by atoms with Crippen molar-refractivity contribution in [2.24, 2.45) is 0 Å². The number of benzene rings is 2. The molecule has 0 spiro atoms.